The van der Waals surface area contributed by atoms with Crippen LogP contribution in [0.1, 0.15) is 34.6 Å². The number of hydrogen-bond donors (Lipinski definition) is 3. The van der Waals surface area contributed by atoms with E-state index in [1.54, 1.807) is 19.9 Å². The lowest BCUT2D eigenvalue weighted by Crippen LogP contribution is -2.54. The summed E-state index contributed by atoms with van der Waals surface area (Å²) in [5, 5.41) is 2.28. The molecule has 0 aliphatic heterocycles. The molecule has 0 saturated heterocycles. The first-order chi connectivity index (χ1) is 12.8. The second-order valence-electron chi connectivity index (χ2n) is 5.98. The smallest absolute Gasteiger partial charge is 0.271 e. The number of nitrogens with one attached hydrogen (secondary N) is 3. The molecule has 3 N–H and O–H groups in total. The van der Waals surface area contributed by atoms with Gasteiger partial charge >= 0.3 is 0 Å². The van der Waals surface area contributed by atoms with Gasteiger partial charge in [-0.05, 0) is 30.2 Å². The van der Waals surface area contributed by atoms with E-state index in [1.165, 1.54) is 18.5 Å². The standard InChI is InChI=1S/C18H18F2N4O3/c1-10(2)15(22-17(26)14-12(19)6-3-7-13(14)20)18(27)24-23-16(25)11-5-4-8-21-9-11/h3-10,15H,1-2H3,(H,22,26)(H,23,25)(H,24,27). The SMILES string of the molecule is CC(C)C(NC(=O)c1c(F)cccc1F)C(=O)NNC(=O)c1cccnc1. The second kappa shape index (κ2) is 8.84. The van der Waals surface area contributed by atoms with Gasteiger partial charge in [-0.2, -0.15) is 0 Å². The van der Waals surface area contributed by atoms with Gasteiger partial charge < -0.3 is 5.32 Å². The van der Waals surface area contributed by atoms with Crippen molar-refractivity contribution in [2.75, 3.05) is 0 Å². The van der Waals surface area contributed by atoms with Crippen LogP contribution in [0.4, 0.5) is 8.78 Å². The highest BCUT2D eigenvalue weighted by Gasteiger charge is 2.27. The summed E-state index contributed by atoms with van der Waals surface area (Å²) in [6, 6.07) is 4.93. The summed E-state index contributed by atoms with van der Waals surface area (Å²) in [5.74, 6) is -4.92. The van der Waals surface area contributed by atoms with E-state index in [9.17, 15) is 23.2 Å². The molecule has 1 aromatic carbocycles. The molecule has 2 aromatic rings. The molecule has 0 aliphatic carbocycles. The Balaban J connectivity index is 2.05. The Morgan fingerprint density at radius 3 is 2.19 bits per heavy atom. The molecule has 7 nitrogen and oxygen atoms in total. The average molecular weight is 376 g/mol. The maximum Gasteiger partial charge on any atom is 0.271 e. The average Bonchev–Trinajstić information content (AvgIpc) is 2.64. The first-order valence-corrected chi connectivity index (χ1v) is 8.06. The molecule has 1 atom stereocenters. The molecule has 0 saturated carbocycles. The van der Waals surface area contributed by atoms with Gasteiger partial charge in [-0.1, -0.05) is 19.9 Å². The molecule has 1 heterocycles. The van der Waals surface area contributed by atoms with Crippen LogP contribution in [-0.4, -0.2) is 28.7 Å². The quantitative estimate of drug-likeness (QED) is 0.690. The molecule has 0 radical (unpaired) electrons. The number of nitrogens with zero attached hydrogens (tertiary/aromatic N) is 1. The van der Waals surface area contributed by atoms with Gasteiger partial charge in [0.15, 0.2) is 0 Å². The van der Waals surface area contributed by atoms with Gasteiger partial charge in [0.25, 0.3) is 17.7 Å². The van der Waals surface area contributed by atoms with E-state index >= 15 is 0 Å². The van der Waals surface area contributed by atoms with E-state index in [4.69, 9.17) is 0 Å². The van der Waals surface area contributed by atoms with Crippen LogP contribution in [0, 0.1) is 17.6 Å². The van der Waals surface area contributed by atoms with E-state index in [0.29, 0.717) is 0 Å². The van der Waals surface area contributed by atoms with E-state index in [0.717, 1.165) is 18.2 Å². The second-order valence-corrected chi connectivity index (χ2v) is 5.98. The lowest BCUT2D eigenvalue weighted by Gasteiger charge is -2.22. The van der Waals surface area contributed by atoms with Crippen LogP contribution in [-0.2, 0) is 4.79 Å². The molecule has 0 bridgehead atoms. The Morgan fingerprint density at radius 1 is 0.963 bits per heavy atom. The highest BCUT2D eigenvalue weighted by Crippen LogP contribution is 2.13. The van der Waals surface area contributed by atoms with Crippen molar-refractivity contribution in [2.24, 2.45) is 5.92 Å². The topological polar surface area (TPSA) is 100 Å². The molecular formula is C18H18F2N4O3. The maximum absolute atomic E-state index is 13.7. The zero-order valence-electron chi connectivity index (χ0n) is 14.6. The Labute approximate surface area is 154 Å². The minimum Gasteiger partial charge on any atom is -0.340 e. The van der Waals surface area contributed by atoms with Crippen molar-refractivity contribution < 1.29 is 23.2 Å². The number of benzene rings is 1. The van der Waals surface area contributed by atoms with Crippen LogP contribution < -0.4 is 16.2 Å². The third-order valence-electron chi connectivity index (χ3n) is 3.65. The normalized spacial score (nSPS) is 11.6. The van der Waals surface area contributed by atoms with Crippen molar-refractivity contribution in [3.63, 3.8) is 0 Å². The highest BCUT2D eigenvalue weighted by molar-refractivity contribution is 5.99. The van der Waals surface area contributed by atoms with Crippen LogP contribution >= 0.6 is 0 Å². The summed E-state index contributed by atoms with van der Waals surface area (Å²) in [6.07, 6.45) is 2.80. The van der Waals surface area contributed by atoms with Crippen molar-refractivity contribution in [1.82, 2.24) is 21.2 Å². The van der Waals surface area contributed by atoms with Crippen molar-refractivity contribution in [1.29, 1.82) is 0 Å². The van der Waals surface area contributed by atoms with Crippen LogP contribution in [0.3, 0.4) is 0 Å². The van der Waals surface area contributed by atoms with Gasteiger partial charge in [0.05, 0.1) is 5.56 Å². The third-order valence-corrected chi connectivity index (χ3v) is 3.65. The van der Waals surface area contributed by atoms with Crippen LogP contribution in [0.2, 0.25) is 0 Å². The summed E-state index contributed by atoms with van der Waals surface area (Å²) >= 11 is 0. The number of amides is 3. The minimum absolute atomic E-state index is 0.219. The molecule has 27 heavy (non-hydrogen) atoms. The predicted octanol–water partition coefficient (Wildman–Crippen LogP) is 1.58. The van der Waals surface area contributed by atoms with E-state index < -0.39 is 46.9 Å². The summed E-state index contributed by atoms with van der Waals surface area (Å²) in [7, 11) is 0. The number of carbonyl (C=O) groups is 3. The molecule has 0 fully saturated rings. The summed E-state index contributed by atoms with van der Waals surface area (Å²) < 4.78 is 27.5. The number of aromatic nitrogens is 1. The molecule has 0 spiro atoms. The molecule has 2 rings (SSSR count). The Bertz CT molecular complexity index is 824. The van der Waals surface area contributed by atoms with Gasteiger partial charge in [-0.15, -0.1) is 0 Å². The van der Waals surface area contributed by atoms with Gasteiger partial charge in [-0.25, -0.2) is 8.78 Å². The number of pyridine rings is 1. The fourth-order valence-electron chi connectivity index (χ4n) is 2.23. The minimum atomic E-state index is -1.13. The van der Waals surface area contributed by atoms with Gasteiger partial charge in [-0.3, -0.25) is 30.2 Å². The van der Waals surface area contributed by atoms with Gasteiger partial charge in [0, 0.05) is 12.4 Å². The Hall–Kier alpha value is -3.36. The number of halogens is 2. The predicted molar refractivity (Wildman–Crippen MR) is 92.3 cm³/mol. The lowest BCUT2D eigenvalue weighted by molar-refractivity contribution is -0.124. The van der Waals surface area contributed by atoms with Crippen LogP contribution in [0.15, 0.2) is 42.7 Å². The monoisotopic (exact) mass is 376 g/mol. The molecule has 9 heteroatoms. The van der Waals surface area contributed by atoms with Gasteiger partial charge in [0.1, 0.15) is 23.2 Å². The largest absolute Gasteiger partial charge is 0.340 e. The lowest BCUT2D eigenvalue weighted by atomic mass is 10.0. The molecule has 1 aromatic heterocycles. The molecule has 1 unspecified atom stereocenters. The first kappa shape index (κ1) is 20.0. The zero-order chi connectivity index (χ0) is 20.0. The van der Waals surface area contributed by atoms with Gasteiger partial charge in [0.2, 0.25) is 0 Å². The Kier molecular flexibility index (Phi) is 6.53. The van der Waals surface area contributed by atoms with Crippen LogP contribution in [0.25, 0.3) is 0 Å². The summed E-state index contributed by atoms with van der Waals surface area (Å²) in [5.41, 5.74) is 3.81. The van der Waals surface area contributed by atoms with E-state index in [-0.39, 0.29) is 5.56 Å². The van der Waals surface area contributed by atoms with Crippen molar-refractivity contribution in [3.05, 3.63) is 65.5 Å². The number of carbonyl (C=O) groups excluding carboxylic acids is 3. The van der Waals surface area contributed by atoms with E-state index in [2.05, 4.69) is 21.2 Å². The van der Waals surface area contributed by atoms with Crippen molar-refractivity contribution in [2.45, 2.75) is 19.9 Å². The maximum atomic E-state index is 13.7. The number of rotatable bonds is 5. The van der Waals surface area contributed by atoms with Crippen molar-refractivity contribution in [3.8, 4) is 0 Å². The molecule has 0 aliphatic rings. The zero-order valence-corrected chi connectivity index (χ0v) is 14.6. The Morgan fingerprint density at radius 2 is 1.63 bits per heavy atom. The summed E-state index contributed by atoms with van der Waals surface area (Å²) in [6.45, 7) is 3.26. The number of hydrazine groups is 1. The fraction of sp³-hybridized carbons (Fsp3) is 0.222. The fourth-order valence-corrected chi connectivity index (χ4v) is 2.23. The van der Waals surface area contributed by atoms with Crippen LogP contribution in [0.5, 0.6) is 0 Å². The third kappa shape index (κ3) is 5.06. The molecule has 142 valence electrons. The van der Waals surface area contributed by atoms with E-state index in [1.807, 2.05) is 0 Å². The highest BCUT2D eigenvalue weighted by atomic mass is 19.1. The van der Waals surface area contributed by atoms with Crippen molar-refractivity contribution >= 4 is 17.7 Å². The first-order valence-electron chi connectivity index (χ1n) is 8.06. The summed E-state index contributed by atoms with van der Waals surface area (Å²) in [4.78, 5) is 40.2. The molecular weight excluding hydrogens is 358 g/mol. The molecule has 3 amide bonds. The number of hydrogen-bond acceptors (Lipinski definition) is 4.